The van der Waals surface area contributed by atoms with Crippen molar-refractivity contribution in [3.8, 4) is 0 Å². The van der Waals surface area contributed by atoms with E-state index in [1.165, 1.54) is 0 Å². The summed E-state index contributed by atoms with van der Waals surface area (Å²) in [6.45, 7) is 4.53. The third-order valence-electron chi connectivity index (χ3n) is 3.09. The van der Waals surface area contributed by atoms with E-state index in [0.29, 0.717) is 10.7 Å². The Hall–Kier alpha value is -0.840. The summed E-state index contributed by atoms with van der Waals surface area (Å²) >= 11 is 9.68. The van der Waals surface area contributed by atoms with E-state index in [0.717, 1.165) is 23.0 Å². The average Bonchev–Trinajstić information content (AvgIpc) is 2.72. The zero-order chi connectivity index (χ0) is 14.0. The molecule has 1 aromatic carbocycles. The Kier molecular flexibility index (Phi) is 4.33. The van der Waals surface area contributed by atoms with Gasteiger partial charge in [-0.1, -0.05) is 52.7 Å². The molecule has 0 aliphatic carbocycles. The van der Waals surface area contributed by atoms with Gasteiger partial charge in [-0.25, -0.2) is 0 Å². The normalized spacial score (nSPS) is 14.4. The van der Waals surface area contributed by atoms with E-state index in [2.05, 4.69) is 28.0 Å². The van der Waals surface area contributed by atoms with Crippen LogP contribution >= 0.6 is 27.5 Å². The van der Waals surface area contributed by atoms with Crippen LogP contribution in [-0.2, 0) is 12.1 Å². The van der Waals surface area contributed by atoms with Crippen LogP contribution in [0.4, 0.5) is 0 Å². The number of benzene rings is 1. The Balaban J connectivity index is 2.56. The molecule has 0 amide bonds. The zero-order valence-electron chi connectivity index (χ0n) is 10.9. The van der Waals surface area contributed by atoms with Crippen molar-refractivity contribution < 1.29 is 5.11 Å². The van der Waals surface area contributed by atoms with Crippen LogP contribution in [0.15, 0.2) is 34.9 Å². The number of hydrogen-bond acceptors (Lipinski definition) is 2. The van der Waals surface area contributed by atoms with E-state index in [9.17, 15) is 5.11 Å². The minimum absolute atomic E-state index is 0.481. The van der Waals surface area contributed by atoms with Gasteiger partial charge in [-0.15, -0.1) is 0 Å². The van der Waals surface area contributed by atoms with E-state index in [4.69, 9.17) is 11.6 Å². The second kappa shape index (κ2) is 5.65. The van der Waals surface area contributed by atoms with Gasteiger partial charge in [0.25, 0.3) is 0 Å². The van der Waals surface area contributed by atoms with Gasteiger partial charge in [-0.3, -0.25) is 4.68 Å². The number of halogens is 2. The summed E-state index contributed by atoms with van der Waals surface area (Å²) < 4.78 is 2.61. The van der Waals surface area contributed by atoms with Crippen molar-refractivity contribution in [2.45, 2.75) is 32.4 Å². The topological polar surface area (TPSA) is 38.0 Å². The highest BCUT2D eigenvalue weighted by molar-refractivity contribution is 9.10. The first-order valence-electron chi connectivity index (χ1n) is 6.17. The molecule has 19 heavy (non-hydrogen) atoms. The lowest BCUT2D eigenvalue weighted by molar-refractivity contribution is 0.0907. The van der Waals surface area contributed by atoms with E-state index in [-0.39, 0.29) is 0 Å². The molecule has 0 radical (unpaired) electrons. The van der Waals surface area contributed by atoms with Crippen LogP contribution in [0.2, 0.25) is 5.02 Å². The lowest BCUT2D eigenvalue weighted by Crippen LogP contribution is -2.28. The second-order valence-electron chi connectivity index (χ2n) is 4.62. The molecule has 0 saturated heterocycles. The Bertz CT molecular complexity index is 581. The van der Waals surface area contributed by atoms with Crippen molar-refractivity contribution in [3.63, 3.8) is 0 Å². The molecule has 1 heterocycles. The maximum absolute atomic E-state index is 10.9. The number of hydrogen-bond donors (Lipinski definition) is 1. The first-order valence-corrected chi connectivity index (χ1v) is 7.34. The molecule has 1 aromatic heterocycles. The first-order chi connectivity index (χ1) is 8.98. The average molecular weight is 344 g/mol. The molecule has 2 aromatic rings. The van der Waals surface area contributed by atoms with Crippen LogP contribution in [0, 0.1) is 0 Å². The molecule has 0 aliphatic rings. The fourth-order valence-corrected chi connectivity index (χ4v) is 3.21. The standard InChI is InChI=1S/C14H16BrClN2O/c1-3-8-18-13(12(16)9-17-18)14(2,19)10-6-4-5-7-11(10)15/h4-7,9,19H,3,8H2,1-2H3. The predicted octanol–water partition coefficient (Wildman–Crippen LogP) is 3.96. The molecule has 102 valence electrons. The second-order valence-corrected chi connectivity index (χ2v) is 5.88. The number of aromatic nitrogens is 2. The molecule has 0 saturated carbocycles. The molecule has 0 bridgehead atoms. The van der Waals surface area contributed by atoms with Crippen molar-refractivity contribution in [1.29, 1.82) is 0 Å². The number of rotatable bonds is 4. The summed E-state index contributed by atoms with van der Waals surface area (Å²) in [5, 5.41) is 15.7. The lowest BCUT2D eigenvalue weighted by Gasteiger charge is -2.26. The van der Waals surface area contributed by atoms with Crippen LogP contribution in [0.25, 0.3) is 0 Å². The monoisotopic (exact) mass is 342 g/mol. The molecule has 1 atom stereocenters. The molecular formula is C14H16BrClN2O. The van der Waals surface area contributed by atoms with Crippen molar-refractivity contribution in [2.75, 3.05) is 0 Å². The summed E-state index contributed by atoms with van der Waals surface area (Å²) in [6, 6.07) is 7.58. The summed E-state index contributed by atoms with van der Waals surface area (Å²) in [4.78, 5) is 0. The summed E-state index contributed by atoms with van der Waals surface area (Å²) in [5.41, 5.74) is 0.209. The largest absolute Gasteiger partial charge is 0.379 e. The van der Waals surface area contributed by atoms with Gasteiger partial charge in [0.15, 0.2) is 0 Å². The van der Waals surface area contributed by atoms with Crippen molar-refractivity contribution in [2.24, 2.45) is 0 Å². The van der Waals surface area contributed by atoms with Crippen LogP contribution in [0.3, 0.4) is 0 Å². The van der Waals surface area contributed by atoms with Crippen LogP contribution in [0.5, 0.6) is 0 Å². The van der Waals surface area contributed by atoms with Crippen molar-refractivity contribution in [1.82, 2.24) is 9.78 Å². The molecule has 1 unspecified atom stereocenters. The lowest BCUT2D eigenvalue weighted by atomic mass is 9.92. The highest BCUT2D eigenvalue weighted by Gasteiger charge is 2.33. The maximum Gasteiger partial charge on any atom is 0.131 e. The Morgan fingerprint density at radius 2 is 2.11 bits per heavy atom. The number of aryl methyl sites for hydroxylation is 1. The highest BCUT2D eigenvalue weighted by atomic mass is 79.9. The van der Waals surface area contributed by atoms with E-state index in [1.54, 1.807) is 17.8 Å². The minimum Gasteiger partial charge on any atom is -0.379 e. The molecule has 1 N–H and O–H groups in total. The van der Waals surface area contributed by atoms with Gasteiger partial charge in [0.1, 0.15) is 5.60 Å². The summed E-state index contributed by atoms with van der Waals surface area (Å²) in [6.07, 6.45) is 2.51. The fraction of sp³-hybridized carbons (Fsp3) is 0.357. The van der Waals surface area contributed by atoms with Crippen LogP contribution in [-0.4, -0.2) is 14.9 Å². The van der Waals surface area contributed by atoms with Gasteiger partial charge in [-0.05, 0) is 19.4 Å². The Morgan fingerprint density at radius 3 is 2.74 bits per heavy atom. The van der Waals surface area contributed by atoms with Gasteiger partial charge < -0.3 is 5.11 Å². The molecule has 3 nitrogen and oxygen atoms in total. The highest BCUT2D eigenvalue weighted by Crippen LogP contribution is 2.37. The smallest absolute Gasteiger partial charge is 0.131 e. The van der Waals surface area contributed by atoms with Gasteiger partial charge >= 0.3 is 0 Å². The third kappa shape index (κ3) is 2.71. The van der Waals surface area contributed by atoms with E-state index >= 15 is 0 Å². The molecule has 0 aliphatic heterocycles. The Morgan fingerprint density at radius 1 is 1.42 bits per heavy atom. The molecular weight excluding hydrogens is 328 g/mol. The molecule has 0 fully saturated rings. The molecule has 0 spiro atoms. The quantitative estimate of drug-likeness (QED) is 0.912. The van der Waals surface area contributed by atoms with Crippen LogP contribution < -0.4 is 0 Å². The predicted molar refractivity (Wildman–Crippen MR) is 80.3 cm³/mol. The van der Waals surface area contributed by atoms with Gasteiger partial charge in [0.2, 0.25) is 0 Å². The van der Waals surface area contributed by atoms with Gasteiger partial charge in [-0.2, -0.15) is 5.10 Å². The third-order valence-corrected chi connectivity index (χ3v) is 4.06. The number of aliphatic hydroxyl groups is 1. The molecule has 2 rings (SSSR count). The number of nitrogens with zero attached hydrogens (tertiary/aromatic N) is 2. The summed E-state index contributed by atoms with van der Waals surface area (Å²) in [7, 11) is 0. The maximum atomic E-state index is 10.9. The Labute approximate surface area is 126 Å². The van der Waals surface area contributed by atoms with Crippen LogP contribution in [0.1, 0.15) is 31.5 Å². The van der Waals surface area contributed by atoms with Gasteiger partial charge in [0.05, 0.1) is 16.9 Å². The summed E-state index contributed by atoms with van der Waals surface area (Å²) in [5.74, 6) is 0. The minimum atomic E-state index is -1.19. The van der Waals surface area contributed by atoms with Gasteiger partial charge in [0, 0.05) is 16.6 Å². The van der Waals surface area contributed by atoms with E-state index < -0.39 is 5.60 Å². The fourth-order valence-electron chi connectivity index (χ4n) is 2.21. The van der Waals surface area contributed by atoms with Crippen molar-refractivity contribution >= 4 is 27.5 Å². The van der Waals surface area contributed by atoms with Crippen molar-refractivity contribution in [3.05, 3.63) is 51.2 Å². The zero-order valence-corrected chi connectivity index (χ0v) is 13.2. The molecule has 5 heteroatoms. The SMILES string of the molecule is CCCn1ncc(Cl)c1C(C)(O)c1ccccc1Br. The van der Waals surface area contributed by atoms with E-state index in [1.807, 2.05) is 24.3 Å². The first kappa shape index (κ1) is 14.6.